The van der Waals surface area contributed by atoms with Gasteiger partial charge in [-0.2, -0.15) is 4.31 Å². The number of hydrogen-bond acceptors (Lipinski definition) is 4. The van der Waals surface area contributed by atoms with E-state index in [-0.39, 0.29) is 12.5 Å². The molecule has 2 aliphatic rings. The standard InChI is InChI=1S/C17H22N4O2S/c1-20(12-16-19-18-15-8-5-11-21(15)16)24(22,23)17(14-9-10-14)13-6-3-2-4-7-13/h2-4,6-7,14,17H,5,8-12H2,1H3. The summed E-state index contributed by atoms with van der Waals surface area (Å²) in [6.45, 7) is 1.17. The maximum atomic E-state index is 13.2. The summed E-state index contributed by atoms with van der Waals surface area (Å²) >= 11 is 0. The molecule has 0 radical (unpaired) electrons. The van der Waals surface area contributed by atoms with Crippen molar-refractivity contribution in [1.29, 1.82) is 0 Å². The molecular formula is C17H22N4O2S. The molecule has 0 saturated heterocycles. The van der Waals surface area contributed by atoms with Gasteiger partial charge >= 0.3 is 0 Å². The molecule has 0 N–H and O–H groups in total. The van der Waals surface area contributed by atoms with Crippen LogP contribution in [0, 0.1) is 5.92 Å². The SMILES string of the molecule is CN(Cc1nnc2n1CCC2)S(=O)(=O)C(c1ccccc1)C1CC1. The predicted molar refractivity (Wildman–Crippen MR) is 90.6 cm³/mol. The Hall–Kier alpha value is -1.73. The molecule has 1 aliphatic carbocycles. The third-order valence-corrected chi connectivity index (χ3v) is 7.28. The lowest BCUT2D eigenvalue weighted by Crippen LogP contribution is -2.33. The highest BCUT2D eigenvalue weighted by Gasteiger charge is 2.43. The molecule has 0 amide bonds. The van der Waals surface area contributed by atoms with E-state index in [0.717, 1.165) is 49.4 Å². The van der Waals surface area contributed by atoms with Gasteiger partial charge in [0.05, 0.1) is 6.54 Å². The zero-order valence-corrected chi connectivity index (χ0v) is 14.6. The smallest absolute Gasteiger partial charge is 0.221 e. The third-order valence-electron chi connectivity index (χ3n) is 4.98. The lowest BCUT2D eigenvalue weighted by atomic mass is 10.1. The highest BCUT2D eigenvalue weighted by molar-refractivity contribution is 7.89. The second-order valence-corrected chi connectivity index (χ2v) is 8.92. The molecule has 0 bridgehead atoms. The molecule has 6 nitrogen and oxygen atoms in total. The normalized spacial score (nSPS) is 18.8. The van der Waals surface area contributed by atoms with Crippen molar-refractivity contribution in [2.75, 3.05) is 7.05 Å². The summed E-state index contributed by atoms with van der Waals surface area (Å²) in [6.07, 6.45) is 3.95. The second kappa shape index (κ2) is 5.97. The molecule has 4 rings (SSSR count). The summed E-state index contributed by atoms with van der Waals surface area (Å²) in [7, 11) is -1.78. The van der Waals surface area contributed by atoms with Crippen molar-refractivity contribution < 1.29 is 8.42 Å². The molecule has 1 aromatic carbocycles. The molecule has 2 heterocycles. The number of aromatic nitrogens is 3. The van der Waals surface area contributed by atoms with Crippen LogP contribution in [-0.2, 0) is 29.5 Å². The molecule has 1 atom stereocenters. The minimum Gasteiger partial charge on any atom is -0.314 e. The van der Waals surface area contributed by atoms with Gasteiger partial charge < -0.3 is 4.57 Å². The number of nitrogens with zero attached hydrogens (tertiary/aromatic N) is 4. The first-order valence-electron chi connectivity index (χ1n) is 8.48. The fraction of sp³-hybridized carbons (Fsp3) is 0.529. The Kier molecular flexibility index (Phi) is 3.92. The molecule has 1 fully saturated rings. The van der Waals surface area contributed by atoms with Gasteiger partial charge in [-0.05, 0) is 30.7 Å². The lowest BCUT2D eigenvalue weighted by Gasteiger charge is -2.24. The van der Waals surface area contributed by atoms with E-state index < -0.39 is 15.3 Å². The quantitative estimate of drug-likeness (QED) is 0.804. The Labute approximate surface area is 142 Å². The van der Waals surface area contributed by atoms with Gasteiger partial charge in [0.15, 0.2) is 0 Å². The fourth-order valence-electron chi connectivity index (χ4n) is 3.54. The van der Waals surface area contributed by atoms with Crippen molar-refractivity contribution in [3.05, 3.63) is 47.5 Å². The van der Waals surface area contributed by atoms with Gasteiger partial charge in [0.2, 0.25) is 10.0 Å². The largest absolute Gasteiger partial charge is 0.314 e. The number of sulfonamides is 1. The Morgan fingerprint density at radius 2 is 2.00 bits per heavy atom. The highest BCUT2D eigenvalue weighted by atomic mass is 32.2. The molecule has 7 heteroatoms. The minimum absolute atomic E-state index is 0.226. The van der Waals surface area contributed by atoms with Gasteiger partial charge in [0.25, 0.3) is 0 Å². The Morgan fingerprint density at radius 1 is 1.25 bits per heavy atom. The first kappa shape index (κ1) is 15.8. The van der Waals surface area contributed by atoms with Gasteiger partial charge in [0, 0.05) is 20.0 Å². The van der Waals surface area contributed by atoms with E-state index in [0.29, 0.717) is 0 Å². The molecule has 2 aromatic rings. The predicted octanol–water partition coefficient (Wildman–Crippen LogP) is 2.14. The van der Waals surface area contributed by atoms with Crippen LogP contribution in [0.1, 0.15) is 41.7 Å². The van der Waals surface area contributed by atoms with Gasteiger partial charge in [-0.3, -0.25) is 0 Å². The lowest BCUT2D eigenvalue weighted by molar-refractivity contribution is 0.433. The van der Waals surface area contributed by atoms with Crippen LogP contribution in [0.5, 0.6) is 0 Å². The van der Waals surface area contributed by atoms with Crippen LogP contribution in [0.2, 0.25) is 0 Å². The van der Waals surface area contributed by atoms with E-state index in [9.17, 15) is 8.42 Å². The average molecular weight is 346 g/mol. The first-order valence-corrected chi connectivity index (χ1v) is 9.99. The topological polar surface area (TPSA) is 68.1 Å². The van der Waals surface area contributed by atoms with E-state index in [2.05, 4.69) is 14.8 Å². The number of rotatable bonds is 6. The molecule has 1 aliphatic heterocycles. The van der Waals surface area contributed by atoms with Crippen molar-refractivity contribution in [3.63, 3.8) is 0 Å². The van der Waals surface area contributed by atoms with E-state index >= 15 is 0 Å². The van der Waals surface area contributed by atoms with Crippen LogP contribution >= 0.6 is 0 Å². The van der Waals surface area contributed by atoms with Crippen molar-refractivity contribution in [2.45, 2.75) is 44.0 Å². The van der Waals surface area contributed by atoms with E-state index in [1.54, 1.807) is 7.05 Å². The Bertz CT molecular complexity index is 828. The van der Waals surface area contributed by atoms with Crippen LogP contribution in [0.15, 0.2) is 30.3 Å². The molecule has 128 valence electrons. The maximum absolute atomic E-state index is 13.2. The zero-order chi connectivity index (χ0) is 16.7. The average Bonchev–Trinajstić information content (AvgIpc) is 3.15. The fourth-order valence-corrected chi connectivity index (χ4v) is 5.48. The minimum atomic E-state index is -3.43. The van der Waals surface area contributed by atoms with E-state index in [1.807, 2.05) is 30.3 Å². The summed E-state index contributed by atoms with van der Waals surface area (Å²) in [5.74, 6) is 1.94. The maximum Gasteiger partial charge on any atom is 0.221 e. The van der Waals surface area contributed by atoms with Crippen LogP contribution in [-0.4, -0.2) is 34.5 Å². The highest BCUT2D eigenvalue weighted by Crippen LogP contribution is 2.46. The Morgan fingerprint density at radius 3 is 2.71 bits per heavy atom. The first-order chi connectivity index (χ1) is 11.6. The van der Waals surface area contributed by atoms with Crippen molar-refractivity contribution in [2.24, 2.45) is 5.92 Å². The summed E-state index contributed by atoms with van der Waals surface area (Å²) in [6, 6.07) is 9.58. The Balaban J connectivity index is 1.60. The van der Waals surface area contributed by atoms with Gasteiger partial charge in [-0.1, -0.05) is 30.3 Å². The van der Waals surface area contributed by atoms with E-state index in [4.69, 9.17) is 0 Å². The van der Waals surface area contributed by atoms with Gasteiger partial charge in [0.1, 0.15) is 16.9 Å². The van der Waals surface area contributed by atoms with E-state index in [1.165, 1.54) is 4.31 Å². The van der Waals surface area contributed by atoms with Crippen LogP contribution < -0.4 is 0 Å². The van der Waals surface area contributed by atoms with Gasteiger partial charge in [-0.25, -0.2) is 8.42 Å². The number of fused-ring (bicyclic) bond motifs is 1. The van der Waals surface area contributed by atoms with Crippen LogP contribution in [0.4, 0.5) is 0 Å². The second-order valence-electron chi connectivity index (χ2n) is 6.76. The third kappa shape index (κ3) is 2.75. The van der Waals surface area contributed by atoms with Crippen LogP contribution in [0.3, 0.4) is 0 Å². The zero-order valence-electron chi connectivity index (χ0n) is 13.8. The summed E-state index contributed by atoms with van der Waals surface area (Å²) < 4.78 is 29.9. The van der Waals surface area contributed by atoms with Crippen molar-refractivity contribution in [1.82, 2.24) is 19.1 Å². The number of benzene rings is 1. The monoisotopic (exact) mass is 346 g/mol. The number of aryl methyl sites for hydroxylation is 1. The van der Waals surface area contributed by atoms with Crippen LogP contribution in [0.25, 0.3) is 0 Å². The molecule has 24 heavy (non-hydrogen) atoms. The molecular weight excluding hydrogens is 324 g/mol. The summed E-state index contributed by atoms with van der Waals surface area (Å²) in [5.41, 5.74) is 0.887. The number of hydrogen-bond donors (Lipinski definition) is 0. The summed E-state index contributed by atoms with van der Waals surface area (Å²) in [5, 5.41) is 7.91. The molecule has 1 aromatic heterocycles. The molecule has 1 unspecified atom stereocenters. The van der Waals surface area contributed by atoms with Crippen molar-refractivity contribution in [3.8, 4) is 0 Å². The summed E-state index contributed by atoms with van der Waals surface area (Å²) in [4.78, 5) is 0. The molecule has 1 saturated carbocycles. The van der Waals surface area contributed by atoms with Crippen molar-refractivity contribution >= 4 is 10.0 Å². The molecule has 0 spiro atoms. The van der Waals surface area contributed by atoms with Gasteiger partial charge in [-0.15, -0.1) is 10.2 Å².